The zero-order chi connectivity index (χ0) is 13.2. The Morgan fingerprint density at radius 2 is 2.11 bits per heavy atom. The van der Waals surface area contributed by atoms with Gasteiger partial charge in [-0.2, -0.15) is 4.98 Å². The molecular weight excluding hydrogens is 252 g/mol. The topological polar surface area (TPSA) is 63.8 Å². The van der Waals surface area contributed by atoms with Crippen molar-refractivity contribution in [2.45, 2.75) is 32.9 Å². The Bertz CT molecular complexity index is 516. The average molecular weight is 267 g/mol. The van der Waals surface area contributed by atoms with Crippen LogP contribution in [0.15, 0.2) is 22.9 Å². The van der Waals surface area contributed by atoms with Crippen molar-refractivity contribution < 1.29 is 4.52 Å². The third kappa shape index (κ3) is 3.51. The standard InChI is InChI=1S/C12H15ClN4O/c1-12(2,3)15-7-10-16-11(17-18-10)9-5-4-8(13)6-14-9/h4-6,15H,7H2,1-3H3. The minimum Gasteiger partial charge on any atom is -0.337 e. The molecule has 0 atom stereocenters. The van der Waals surface area contributed by atoms with Gasteiger partial charge in [-0.3, -0.25) is 4.98 Å². The summed E-state index contributed by atoms with van der Waals surface area (Å²) < 4.78 is 5.15. The van der Waals surface area contributed by atoms with Crippen LogP contribution in [0.2, 0.25) is 5.02 Å². The van der Waals surface area contributed by atoms with Crippen molar-refractivity contribution >= 4 is 11.6 Å². The molecule has 1 N–H and O–H groups in total. The minimum absolute atomic E-state index is 0.00710. The second-order valence-corrected chi connectivity index (χ2v) is 5.41. The van der Waals surface area contributed by atoms with Gasteiger partial charge in [0, 0.05) is 11.7 Å². The fourth-order valence-electron chi connectivity index (χ4n) is 1.28. The maximum Gasteiger partial charge on any atom is 0.240 e. The SMILES string of the molecule is CC(C)(C)NCc1nc(-c2ccc(Cl)cn2)no1. The third-order valence-electron chi connectivity index (χ3n) is 2.19. The van der Waals surface area contributed by atoms with E-state index in [0.717, 1.165) is 0 Å². The lowest BCUT2D eigenvalue weighted by Gasteiger charge is -2.18. The van der Waals surface area contributed by atoms with E-state index >= 15 is 0 Å². The Morgan fingerprint density at radius 3 is 2.72 bits per heavy atom. The molecular formula is C12H15ClN4O. The van der Waals surface area contributed by atoms with Gasteiger partial charge in [-0.15, -0.1) is 0 Å². The molecule has 96 valence electrons. The van der Waals surface area contributed by atoms with Gasteiger partial charge in [-0.05, 0) is 32.9 Å². The van der Waals surface area contributed by atoms with Crippen LogP contribution in [0.4, 0.5) is 0 Å². The van der Waals surface area contributed by atoms with Gasteiger partial charge in [-0.25, -0.2) is 0 Å². The van der Waals surface area contributed by atoms with E-state index in [1.54, 1.807) is 18.3 Å². The highest BCUT2D eigenvalue weighted by molar-refractivity contribution is 6.30. The van der Waals surface area contributed by atoms with Gasteiger partial charge in [0.25, 0.3) is 0 Å². The fraction of sp³-hybridized carbons (Fsp3) is 0.417. The molecule has 0 saturated heterocycles. The van der Waals surface area contributed by atoms with Crippen LogP contribution in [0.25, 0.3) is 11.5 Å². The summed E-state index contributed by atoms with van der Waals surface area (Å²) >= 11 is 5.77. The number of hydrogen-bond donors (Lipinski definition) is 1. The average Bonchev–Trinajstić information content (AvgIpc) is 2.75. The van der Waals surface area contributed by atoms with Gasteiger partial charge < -0.3 is 9.84 Å². The number of nitrogens with one attached hydrogen (secondary N) is 1. The predicted octanol–water partition coefficient (Wildman–Crippen LogP) is 2.67. The fourth-order valence-corrected chi connectivity index (χ4v) is 1.39. The first-order chi connectivity index (χ1) is 8.44. The predicted molar refractivity (Wildman–Crippen MR) is 69.1 cm³/mol. The maximum absolute atomic E-state index is 5.77. The molecule has 0 unspecified atom stereocenters. The quantitative estimate of drug-likeness (QED) is 0.925. The largest absolute Gasteiger partial charge is 0.337 e. The number of nitrogens with zero attached hydrogens (tertiary/aromatic N) is 3. The molecule has 0 radical (unpaired) electrons. The molecule has 0 aliphatic heterocycles. The number of aromatic nitrogens is 3. The number of rotatable bonds is 3. The van der Waals surface area contributed by atoms with E-state index in [9.17, 15) is 0 Å². The first-order valence-corrected chi connectivity index (χ1v) is 6.01. The van der Waals surface area contributed by atoms with Crippen LogP contribution in [-0.2, 0) is 6.54 Å². The molecule has 0 aromatic carbocycles. The highest BCUT2D eigenvalue weighted by Crippen LogP contribution is 2.15. The van der Waals surface area contributed by atoms with Gasteiger partial charge in [-0.1, -0.05) is 16.8 Å². The van der Waals surface area contributed by atoms with Crippen molar-refractivity contribution in [2.24, 2.45) is 0 Å². The maximum atomic E-state index is 5.77. The van der Waals surface area contributed by atoms with E-state index in [2.05, 4.69) is 41.2 Å². The van der Waals surface area contributed by atoms with Crippen LogP contribution in [0.5, 0.6) is 0 Å². The van der Waals surface area contributed by atoms with E-state index in [1.807, 2.05) is 0 Å². The molecule has 0 bridgehead atoms. The lowest BCUT2D eigenvalue weighted by atomic mass is 10.1. The second-order valence-electron chi connectivity index (χ2n) is 4.98. The van der Waals surface area contributed by atoms with Gasteiger partial charge >= 0.3 is 0 Å². The van der Waals surface area contributed by atoms with Gasteiger partial charge in [0.05, 0.1) is 11.6 Å². The van der Waals surface area contributed by atoms with E-state index in [0.29, 0.717) is 29.0 Å². The molecule has 2 aromatic heterocycles. The normalized spacial score (nSPS) is 11.8. The molecule has 2 heterocycles. The monoisotopic (exact) mass is 266 g/mol. The van der Waals surface area contributed by atoms with Gasteiger partial charge in [0.2, 0.25) is 11.7 Å². The summed E-state index contributed by atoms with van der Waals surface area (Å²) in [4.78, 5) is 8.40. The summed E-state index contributed by atoms with van der Waals surface area (Å²) in [5, 5.41) is 7.74. The lowest BCUT2D eigenvalue weighted by molar-refractivity contribution is 0.336. The van der Waals surface area contributed by atoms with Crippen molar-refractivity contribution in [1.29, 1.82) is 0 Å². The third-order valence-corrected chi connectivity index (χ3v) is 2.42. The van der Waals surface area contributed by atoms with Crippen LogP contribution in [0.3, 0.4) is 0 Å². The van der Waals surface area contributed by atoms with Crippen LogP contribution in [0.1, 0.15) is 26.7 Å². The van der Waals surface area contributed by atoms with E-state index in [1.165, 1.54) is 0 Å². The van der Waals surface area contributed by atoms with Gasteiger partial charge in [0.1, 0.15) is 5.69 Å². The Hall–Kier alpha value is -1.46. The summed E-state index contributed by atoms with van der Waals surface area (Å²) in [5.41, 5.74) is 0.651. The summed E-state index contributed by atoms with van der Waals surface area (Å²) in [6.45, 7) is 6.76. The zero-order valence-corrected chi connectivity index (χ0v) is 11.3. The van der Waals surface area contributed by atoms with Gasteiger partial charge in [0.15, 0.2) is 0 Å². The molecule has 0 saturated carbocycles. The second kappa shape index (κ2) is 5.04. The van der Waals surface area contributed by atoms with Crippen molar-refractivity contribution in [2.75, 3.05) is 0 Å². The van der Waals surface area contributed by atoms with Crippen molar-refractivity contribution in [3.05, 3.63) is 29.2 Å². The molecule has 0 aliphatic rings. The Morgan fingerprint density at radius 1 is 1.33 bits per heavy atom. The van der Waals surface area contributed by atoms with Crippen molar-refractivity contribution in [3.63, 3.8) is 0 Å². The lowest BCUT2D eigenvalue weighted by Crippen LogP contribution is -2.35. The highest BCUT2D eigenvalue weighted by Gasteiger charge is 2.13. The van der Waals surface area contributed by atoms with Crippen LogP contribution >= 0.6 is 11.6 Å². The Labute approximate surface area is 111 Å². The number of hydrogen-bond acceptors (Lipinski definition) is 5. The van der Waals surface area contributed by atoms with Crippen LogP contribution < -0.4 is 5.32 Å². The minimum atomic E-state index is 0.00710. The molecule has 0 spiro atoms. The molecule has 0 fully saturated rings. The molecule has 2 rings (SSSR count). The summed E-state index contributed by atoms with van der Waals surface area (Å²) in [6, 6.07) is 3.50. The molecule has 0 amide bonds. The van der Waals surface area contributed by atoms with E-state index < -0.39 is 0 Å². The van der Waals surface area contributed by atoms with Crippen LogP contribution in [0, 0.1) is 0 Å². The molecule has 0 aliphatic carbocycles. The summed E-state index contributed by atoms with van der Waals surface area (Å²) in [7, 11) is 0. The number of halogens is 1. The Balaban J connectivity index is 2.08. The summed E-state index contributed by atoms with van der Waals surface area (Å²) in [5.74, 6) is 1.01. The molecule has 18 heavy (non-hydrogen) atoms. The van der Waals surface area contributed by atoms with Crippen molar-refractivity contribution in [1.82, 2.24) is 20.4 Å². The van der Waals surface area contributed by atoms with Crippen molar-refractivity contribution in [3.8, 4) is 11.5 Å². The smallest absolute Gasteiger partial charge is 0.240 e. The van der Waals surface area contributed by atoms with E-state index in [4.69, 9.17) is 16.1 Å². The van der Waals surface area contributed by atoms with Crippen LogP contribution in [-0.4, -0.2) is 20.7 Å². The summed E-state index contributed by atoms with van der Waals surface area (Å²) in [6.07, 6.45) is 1.56. The molecule has 5 nitrogen and oxygen atoms in total. The highest BCUT2D eigenvalue weighted by atomic mass is 35.5. The Kier molecular flexibility index (Phi) is 3.63. The number of pyridine rings is 1. The molecule has 2 aromatic rings. The van der Waals surface area contributed by atoms with E-state index in [-0.39, 0.29) is 5.54 Å². The first kappa shape index (κ1) is 13.0. The zero-order valence-electron chi connectivity index (χ0n) is 10.6. The first-order valence-electron chi connectivity index (χ1n) is 5.63. The molecule has 6 heteroatoms.